The van der Waals surface area contributed by atoms with E-state index < -0.39 is 23.4 Å². The van der Waals surface area contributed by atoms with Gasteiger partial charge in [-0.05, 0) is 87.6 Å². The van der Waals surface area contributed by atoms with Gasteiger partial charge in [0.2, 0.25) is 17.7 Å². The molecular formula is C51H57ClN10O4S2. The molecule has 1 unspecified atom stereocenters. The van der Waals surface area contributed by atoms with Crippen LogP contribution in [0.5, 0.6) is 0 Å². The number of halogens is 1. The fraction of sp³-hybridized carbons (Fsp3) is 0.412. The fourth-order valence-corrected chi connectivity index (χ4v) is 10.9. The number of aromatic nitrogens is 6. The minimum atomic E-state index is -0.859. The van der Waals surface area contributed by atoms with Gasteiger partial charge >= 0.3 is 0 Å². The van der Waals surface area contributed by atoms with Crippen molar-refractivity contribution in [3.05, 3.63) is 121 Å². The third kappa shape index (κ3) is 10.5. The van der Waals surface area contributed by atoms with Crippen molar-refractivity contribution in [1.82, 2.24) is 45.1 Å². The maximum Gasteiger partial charge on any atom is 0.246 e. The van der Waals surface area contributed by atoms with Gasteiger partial charge in [-0.2, -0.15) is 5.10 Å². The van der Waals surface area contributed by atoms with Crippen LogP contribution >= 0.6 is 34.3 Å². The van der Waals surface area contributed by atoms with Crippen LogP contribution in [0.2, 0.25) is 5.02 Å². The van der Waals surface area contributed by atoms with E-state index in [4.69, 9.17) is 21.3 Å². The van der Waals surface area contributed by atoms with Crippen LogP contribution in [0.1, 0.15) is 117 Å². The summed E-state index contributed by atoms with van der Waals surface area (Å²) in [6.45, 7) is 18.8. The number of fused-ring (bicyclic) bond motifs is 3. The Bertz CT molecular complexity index is 2910. The molecule has 3 amide bonds. The van der Waals surface area contributed by atoms with Gasteiger partial charge in [-0.3, -0.25) is 28.6 Å². The standard InChI is InChI=1S/C51H57ClN10O4S2/c1-29-23-40(48(64)56-31(3)36-12-14-38(15-13-36)45-32(4)53-28-67-45)61(25-29)49(65)46(51(7,8)9)57-42(63)27-66-22-10-21-60-26-35(24-54-60)11-20-41-30(2)43-44(37-16-18-39(52)19-17-37)55-33(5)47-59-58-34(6)62(47)50(43)68-41/h12-19,24,26,28-29,31,33,40,46H,10,21-23,25,27H2,1-9H3,(H,56,64)(H,57,63)/t29?,31-,33-,40-,46+/m0/s1. The zero-order valence-corrected chi connectivity index (χ0v) is 42.3. The molecule has 2 aliphatic heterocycles. The molecule has 1 fully saturated rings. The number of aryl methyl sites for hydroxylation is 3. The molecule has 0 radical (unpaired) electrons. The van der Waals surface area contributed by atoms with Crippen molar-refractivity contribution >= 4 is 57.7 Å². The van der Waals surface area contributed by atoms with Crippen LogP contribution in [0.4, 0.5) is 0 Å². The lowest BCUT2D eigenvalue weighted by Gasteiger charge is -2.35. The van der Waals surface area contributed by atoms with E-state index >= 15 is 0 Å². The van der Waals surface area contributed by atoms with Crippen LogP contribution in [-0.4, -0.2) is 89.7 Å². The smallest absolute Gasteiger partial charge is 0.246 e. The predicted octanol–water partition coefficient (Wildman–Crippen LogP) is 8.59. The lowest BCUT2D eigenvalue weighted by molar-refractivity contribution is -0.144. The van der Waals surface area contributed by atoms with Crippen LogP contribution in [0.15, 0.2) is 71.4 Å². The lowest BCUT2D eigenvalue weighted by Crippen LogP contribution is -2.58. The number of thiophene rings is 1. The van der Waals surface area contributed by atoms with Crippen molar-refractivity contribution in [2.45, 2.75) is 106 Å². The molecule has 4 aromatic heterocycles. The first kappa shape index (κ1) is 48.5. The number of nitrogens with one attached hydrogen (secondary N) is 2. The molecule has 5 atom stereocenters. The first-order valence-corrected chi connectivity index (χ1v) is 25.0. The highest BCUT2D eigenvalue weighted by molar-refractivity contribution is 7.15. The van der Waals surface area contributed by atoms with Crippen LogP contribution in [0, 0.1) is 43.9 Å². The van der Waals surface area contributed by atoms with E-state index in [2.05, 4.69) is 54.2 Å². The maximum absolute atomic E-state index is 14.2. The van der Waals surface area contributed by atoms with Gasteiger partial charge in [0.25, 0.3) is 0 Å². The van der Waals surface area contributed by atoms with Gasteiger partial charge in [0.05, 0.1) is 44.5 Å². The Morgan fingerprint density at radius 1 is 0.985 bits per heavy atom. The van der Waals surface area contributed by atoms with E-state index in [0.717, 1.165) is 71.2 Å². The number of ether oxygens (including phenoxy) is 1. The highest BCUT2D eigenvalue weighted by atomic mass is 35.5. The van der Waals surface area contributed by atoms with E-state index in [9.17, 15) is 14.4 Å². The molecule has 68 heavy (non-hydrogen) atoms. The Kier molecular flexibility index (Phi) is 14.5. The van der Waals surface area contributed by atoms with Crippen LogP contribution in [-0.2, 0) is 25.7 Å². The lowest BCUT2D eigenvalue weighted by atomic mass is 9.85. The van der Waals surface area contributed by atoms with Gasteiger partial charge in [0.1, 0.15) is 35.6 Å². The Morgan fingerprint density at radius 3 is 2.43 bits per heavy atom. The highest BCUT2D eigenvalue weighted by Crippen LogP contribution is 2.39. The van der Waals surface area contributed by atoms with E-state index in [1.807, 2.05) is 120 Å². The van der Waals surface area contributed by atoms with Crippen molar-refractivity contribution in [3.63, 3.8) is 0 Å². The minimum Gasteiger partial charge on any atom is -0.372 e. The molecule has 6 aromatic rings. The third-order valence-electron chi connectivity index (χ3n) is 12.4. The summed E-state index contributed by atoms with van der Waals surface area (Å²) >= 11 is 9.44. The summed E-state index contributed by atoms with van der Waals surface area (Å²) in [6.07, 6.45) is 4.77. The van der Waals surface area contributed by atoms with Crippen LogP contribution in [0.3, 0.4) is 0 Å². The summed E-state index contributed by atoms with van der Waals surface area (Å²) in [4.78, 5) is 54.5. The van der Waals surface area contributed by atoms with Crippen molar-refractivity contribution in [3.8, 4) is 27.3 Å². The summed E-state index contributed by atoms with van der Waals surface area (Å²) < 4.78 is 9.68. The highest BCUT2D eigenvalue weighted by Gasteiger charge is 2.44. The summed E-state index contributed by atoms with van der Waals surface area (Å²) in [5.41, 5.74) is 8.86. The first-order valence-electron chi connectivity index (χ1n) is 22.9. The largest absolute Gasteiger partial charge is 0.372 e. The second kappa shape index (κ2) is 20.3. The molecule has 2 N–H and O–H groups in total. The van der Waals surface area contributed by atoms with E-state index in [1.165, 1.54) is 0 Å². The topological polar surface area (TPSA) is 162 Å². The van der Waals surface area contributed by atoms with Gasteiger partial charge in [0, 0.05) is 42.0 Å². The maximum atomic E-state index is 14.2. The number of benzene rings is 2. The molecule has 17 heteroatoms. The van der Waals surface area contributed by atoms with E-state index in [1.54, 1.807) is 33.8 Å². The number of rotatable bonds is 13. The van der Waals surface area contributed by atoms with Gasteiger partial charge in [-0.25, -0.2) is 4.98 Å². The quantitative estimate of drug-likeness (QED) is 0.0860. The number of hydrogen-bond acceptors (Lipinski definition) is 11. The number of amides is 3. The molecule has 354 valence electrons. The molecule has 0 aliphatic carbocycles. The van der Waals surface area contributed by atoms with Crippen molar-refractivity contribution < 1.29 is 19.1 Å². The molecular weight excluding hydrogens is 916 g/mol. The average molecular weight is 974 g/mol. The molecule has 0 bridgehead atoms. The number of aliphatic imine (C=N–C) groups is 1. The van der Waals surface area contributed by atoms with Gasteiger partial charge in [0.15, 0.2) is 5.82 Å². The van der Waals surface area contributed by atoms with Crippen LogP contribution in [0.25, 0.3) is 15.4 Å². The molecule has 6 heterocycles. The molecule has 0 saturated carbocycles. The Morgan fingerprint density at radius 2 is 1.72 bits per heavy atom. The van der Waals surface area contributed by atoms with E-state index in [0.29, 0.717) is 37.6 Å². The molecule has 14 nitrogen and oxygen atoms in total. The van der Waals surface area contributed by atoms with Crippen molar-refractivity contribution in [2.24, 2.45) is 16.3 Å². The predicted molar refractivity (Wildman–Crippen MR) is 267 cm³/mol. The SMILES string of the molecule is Cc1ncsc1-c1ccc([C@H](C)NC(=O)[C@@H]2CC(C)CN2C(=O)[C@@H](NC(=O)COCCCn2cc(C#Cc3sc4c(c3C)C(c3ccc(Cl)cc3)=N[C@@H](C)c3nnc(C)n3-4)cn2)C(C)(C)C)cc1. The molecule has 1 saturated heterocycles. The zero-order valence-electron chi connectivity index (χ0n) is 39.9. The Hall–Kier alpha value is -5.99. The number of hydrogen-bond donors (Lipinski definition) is 2. The summed E-state index contributed by atoms with van der Waals surface area (Å²) in [7, 11) is 0. The summed E-state index contributed by atoms with van der Waals surface area (Å²) in [5.74, 6) is 7.49. The monoisotopic (exact) mass is 972 g/mol. The Labute approximate surface area is 410 Å². The normalized spacial score (nSPS) is 17.6. The number of carbonyl (C=O) groups is 3. The third-order valence-corrected chi connectivity index (χ3v) is 14.8. The van der Waals surface area contributed by atoms with Crippen molar-refractivity contribution in [2.75, 3.05) is 19.8 Å². The minimum absolute atomic E-state index is 0.119. The average Bonchev–Trinajstić information content (AvgIpc) is 4.15. The van der Waals surface area contributed by atoms with Gasteiger partial charge < -0.3 is 20.3 Å². The second-order valence-electron chi connectivity index (χ2n) is 18.8. The zero-order chi connectivity index (χ0) is 48.4. The van der Waals surface area contributed by atoms with Gasteiger partial charge in [-0.15, -0.1) is 32.9 Å². The number of likely N-dealkylation sites (tertiary alicyclic amines) is 1. The van der Waals surface area contributed by atoms with E-state index in [-0.39, 0.29) is 36.4 Å². The molecule has 2 aliphatic rings. The molecule has 8 rings (SSSR count). The number of carbonyl (C=O) groups excluding carboxylic acids is 3. The second-order valence-corrected chi connectivity index (χ2v) is 21.1. The fourth-order valence-electron chi connectivity index (χ4n) is 8.72. The number of nitrogens with zero attached hydrogens (tertiary/aromatic N) is 8. The molecule has 0 spiro atoms. The number of thiazole rings is 1. The molecule has 2 aromatic carbocycles. The first-order chi connectivity index (χ1) is 32.5. The Balaban J connectivity index is 0.841. The van der Waals surface area contributed by atoms with Crippen molar-refractivity contribution in [1.29, 1.82) is 0 Å². The summed E-state index contributed by atoms with van der Waals surface area (Å²) in [6, 6.07) is 13.9. The van der Waals surface area contributed by atoms with Crippen LogP contribution < -0.4 is 10.6 Å². The van der Waals surface area contributed by atoms with Gasteiger partial charge in [-0.1, -0.05) is 87.5 Å². The summed E-state index contributed by atoms with van der Waals surface area (Å²) in [5, 5.41) is 21.1.